The van der Waals surface area contributed by atoms with Crippen LogP contribution in [-0.4, -0.2) is 13.1 Å². The molecule has 0 bridgehead atoms. The molecule has 1 heteroatoms. The Kier molecular flexibility index (Phi) is 3.98. The Hall–Kier alpha value is -0.300. The largest absolute Gasteiger partial charge is 0.313 e. The van der Waals surface area contributed by atoms with E-state index in [4.69, 9.17) is 0 Å². The second-order valence-electron chi connectivity index (χ2n) is 4.77. The molecule has 1 fully saturated rings. The van der Waals surface area contributed by atoms with Gasteiger partial charge in [0.25, 0.3) is 0 Å². The smallest absolute Gasteiger partial charge is 0.0164 e. The van der Waals surface area contributed by atoms with Crippen LogP contribution in [0.1, 0.15) is 33.6 Å². The van der Waals surface area contributed by atoms with Crippen molar-refractivity contribution in [3.05, 3.63) is 12.2 Å². The third-order valence-electron chi connectivity index (χ3n) is 3.13. The first-order chi connectivity index (χ1) is 6.11. The van der Waals surface area contributed by atoms with Gasteiger partial charge in [-0.25, -0.2) is 0 Å². The molecule has 1 atom stereocenters. The maximum absolute atomic E-state index is 4.13. The first-order valence-corrected chi connectivity index (χ1v) is 5.49. The molecule has 0 aromatic heterocycles. The standard InChI is InChI=1S/C12H23N/c1-9(2)11(4)10(3)7-13-8-12-5-6-12/h9,11-13H,3,5-8H2,1-2,4H3. The minimum Gasteiger partial charge on any atom is -0.313 e. The van der Waals surface area contributed by atoms with Crippen LogP contribution in [0.3, 0.4) is 0 Å². The van der Waals surface area contributed by atoms with Crippen LogP contribution in [0, 0.1) is 17.8 Å². The molecule has 1 aliphatic rings. The van der Waals surface area contributed by atoms with Crippen LogP contribution in [0.5, 0.6) is 0 Å². The van der Waals surface area contributed by atoms with E-state index in [9.17, 15) is 0 Å². The van der Waals surface area contributed by atoms with Gasteiger partial charge in [-0.2, -0.15) is 0 Å². The molecule has 0 spiro atoms. The topological polar surface area (TPSA) is 12.0 Å². The summed E-state index contributed by atoms with van der Waals surface area (Å²) in [4.78, 5) is 0. The van der Waals surface area contributed by atoms with Crippen molar-refractivity contribution in [1.29, 1.82) is 0 Å². The predicted octanol–water partition coefficient (Wildman–Crippen LogP) is 2.83. The van der Waals surface area contributed by atoms with E-state index in [1.807, 2.05) is 0 Å². The zero-order chi connectivity index (χ0) is 9.84. The number of nitrogens with one attached hydrogen (secondary N) is 1. The minimum atomic E-state index is 0.645. The van der Waals surface area contributed by atoms with Crippen molar-refractivity contribution in [2.75, 3.05) is 13.1 Å². The first-order valence-electron chi connectivity index (χ1n) is 5.49. The van der Waals surface area contributed by atoms with Crippen LogP contribution in [0.15, 0.2) is 12.2 Å². The van der Waals surface area contributed by atoms with Gasteiger partial charge < -0.3 is 5.32 Å². The van der Waals surface area contributed by atoms with Crippen molar-refractivity contribution in [3.63, 3.8) is 0 Å². The Balaban J connectivity index is 2.08. The Labute approximate surface area is 82.6 Å². The molecule has 1 nitrogen and oxygen atoms in total. The molecule has 0 aromatic carbocycles. The fourth-order valence-electron chi connectivity index (χ4n) is 1.39. The Morgan fingerprint density at radius 2 is 2.00 bits per heavy atom. The van der Waals surface area contributed by atoms with Crippen molar-refractivity contribution in [2.45, 2.75) is 33.6 Å². The molecule has 0 amide bonds. The van der Waals surface area contributed by atoms with Crippen LogP contribution in [0.2, 0.25) is 0 Å². The van der Waals surface area contributed by atoms with Crippen LogP contribution in [0.25, 0.3) is 0 Å². The average molecular weight is 181 g/mol. The molecule has 1 saturated carbocycles. The van der Waals surface area contributed by atoms with Crippen LogP contribution in [0.4, 0.5) is 0 Å². The van der Waals surface area contributed by atoms with Gasteiger partial charge in [-0.15, -0.1) is 0 Å². The number of hydrogen-bond donors (Lipinski definition) is 1. The summed E-state index contributed by atoms with van der Waals surface area (Å²) in [7, 11) is 0. The van der Waals surface area contributed by atoms with Gasteiger partial charge >= 0.3 is 0 Å². The summed E-state index contributed by atoms with van der Waals surface area (Å²) in [6.07, 6.45) is 2.86. The fraction of sp³-hybridized carbons (Fsp3) is 0.833. The van der Waals surface area contributed by atoms with Gasteiger partial charge in [0, 0.05) is 6.54 Å². The van der Waals surface area contributed by atoms with E-state index < -0.39 is 0 Å². The maximum Gasteiger partial charge on any atom is 0.0164 e. The Morgan fingerprint density at radius 1 is 1.38 bits per heavy atom. The zero-order valence-corrected chi connectivity index (χ0v) is 9.27. The molecule has 0 heterocycles. The maximum atomic E-state index is 4.13. The average Bonchev–Trinajstić information content (AvgIpc) is 2.86. The quantitative estimate of drug-likeness (QED) is 0.621. The third kappa shape index (κ3) is 3.95. The zero-order valence-electron chi connectivity index (χ0n) is 9.27. The summed E-state index contributed by atoms with van der Waals surface area (Å²) < 4.78 is 0. The molecule has 1 aliphatic carbocycles. The van der Waals surface area contributed by atoms with E-state index in [0.717, 1.165) is 18.4 Å². The highest BCUT2D eigenvalue weighted by molar-refractivity contribution is 5.02. The van der Waals surface area contributed by atoms with Crippen molar-refractivity contribution >= 4 is 0 Å². The molecule has 0 aromatic rings. The van der Waals surface area contributed by atoms with Gasteiger partial charge in [-0.05, 0) is 37.1 Å². The summed E-state index contributed by atoms with van der Waals surface area (Å²) >= 11 is 0. The minimum absolute atomic E-state index is 0.645. The summed E-state index contributed by atoms with van der Waals surface area (Å²) in [5.74, 6) is 2.34. The molecule has 13 heavy (non-hydrogen) atoms. The molecule has 1 rings (SSSR count). The molecule has 76 valence electrons. The van der Waals surface area contributed by atoms with Gasteiger partial charge in [0.05, 0.1) is 0 Å². The Morgan fingerprint density at radius 3 is 2.46 bits per heavy atom. The molecule has 1 N–H and O–H groups in total. The fourth-order valence-corrected chi connectivity index (χ4v) is 1.39. The molecular weight excluding hydrogens is 158 g/mol. The highest BCUT2D eigenvalue weighted by Crippen LogP contribution is 2.27. The highest BCUT2D eigenvalue weighted by Gasteiger charge is 2.20. The number of rotatable bonds is 6. The van der Waals surface area contributed by atoms with Gasteiger partial charge in [0.1, 0.15) is 0 Å². The summed E-state index contributed by atoms with van der Waals surface area (Å²) in [5.41, 5.74) is 1.36. The van der Waals surface area contributed by atoms with Gasteiger partial charge in [0.2, 0.25) is 0 Å². The molecule has 0 saturated heterocycles. The third-order valence-corrected chi connectivity index (χ3v) is 3.13. The highest BCUT2D eigenvalue weighted by atomic mass is 14.9. The Bertz CT molecular complexity index is 168. The summed E-state index contributed by atoms with van der Waals surface area (Å²) in [6.45, 7) is 13.1. The van der Waals surface area contributed by atoms with E-state index >= 15 is 0 Å². The lowest BCUT2D eigenvalue weighted by atomic mass is 9.91. The first kappa shape index (κ1) is 10.8. The molecular formula is C12H23N. The lowest BCUT2D eigenvalue weighted by molar-refractivity contribution is 0.465. The lowest BCUT2D eigenvalue weighted by Crippen LogP contribution is -2.23. The van der Waals surface area contributed by atoms with E-state index in [0.29, 0.717) is 5.92 Å². The van der Waals surface area contributed by atoms with Crippen LogP contribution < -0.4 is 5.32 Å². The van der Waals surface area contributed by atoms with E-state index in [-0.39, 0.29) is 0 Å². The number of hydrogen-bond acceptors (Lipinski definition) is 1. The molecule has 0 radical (unpaired) electrons. The lowest BCUT2D eigenvalue weighted by Gasteiger charge is -2.18. The molecule has 0 aliphatic heterocycles. The second-order valence-corrected chi connectivity index (χ2v) is 4.77. The van der Waals surface area contributed by atoms with Gasteiger partial charge in [-0.1, -0.05) is 32.9 Å². The normalized spacial score (nSPS) is 19.1. The predicted molar refractivity (Wildman–Crippen MR) is 58.7 cm³/mol. The van der Waals surface area contributed by atoms with Crippen molar-refractivity contribution < 1.29 is 0 Å². The van der Waals surface area contributed by atoms with Gasteiger partial charge in [-0.3, -0.25) is 0 Å². The molecule has 1 unspecified atom stereocenters. The van der Waals surface area contributed by atoms with E-state index in [1.54, 1.807) is 0 Å². The monoisotopic (exact) mass is 181 g/mol. The van der Waals surface area contributed by atoms with E-state index in [2.05, 4.69) is 32.7 Å². The van der Waals surface area contributed by atoms with Crippen LogP contribution >= 0.6 is 0 Å². The van der Waals surface area contributed by atoms with Crippen LogP contribution in [-0.2, 0) is 0 Å². The van der Waals surface area contributed by atoms with E-state index in [1.165, 1.54) is 25.0 Å². The van der Waals surface area contributed by atoms with Crippen molar-refractivity contribution in [2.24, 2.45) is 17.8 Å². The summed E-state index contributed by atoms with van der Waals surface area (Å²) in [5, 5.41) is 3.48. The van der Waals surface area contributed by atoms with Crippen molar-refractivity contribution in [1.82, 2.24) is 5.32 Å². The SMILES string of the molecule is C=C(CNCC1CC1)C(C)C(C)C. The second kappa shape index (κ2) is 4.80. The van der Waals surface area contributed by atoms with Crippen molar-refractivity contribution in [3.8, 4) is 0 Å². The van der Waals surface area contributed by atoms with Gasteiger partial charge in [0.15, 0.2) is 0 Å². The summed E-state index contributed by atoms with van der Waals surface area (Å²) in [6, 6.07) is 0.